The summed E-state index contributed by atoms with van der Waals surface area (Å²) in [4.78, 5) is 13.0. The van der Waals surface area contributed by atoms with E-state index in [2.05, 4.69) is 0 Å². The predicted molar refractivity (Wildman–Crippen MR) is 56.3 cm³/mol. The molecule has 3 nitrogen and oxygen atoms in total. The van der Waals surface area contributed by atoms with Crippen LogP contribution in [0.1, 0.15) is 22.3 Å². The molecule has 6 heteroatoms. The van der Waals surface area contributed by atoms with Crippen molar-refractivity contribution in [3.63, 3.8) is 0 Å². The van der Waals surface area contributed by atoms with Crippen molar-refractivity contribution >= 4 is 11.6 Å². The molecule has 0 fully saturated rings. The third-order valence-corrected chi connectivity index (χ3v) is 2.71. The fraction of sp³-hybridized carbons (Fsp3) is 0.364. The summed E-state index contributed by atoms with van der Waals surface area (Å²) in [6.07, 6.45) is -5.24. The first-order valence-electron chi connectivity index (χ1n) is 5.12. The molecule has 2 rings (SSSR count). The van der Waals surface area contributed by atoms with Crippen LogP contribution in [0.15, 0.2) is 18.2 Å². The van der Waals surface area contributed by atoms with E-state index in [0.29, 0.717) is 16.8 Å². The second-order valence-corrected chi connectivity index (χ2v) is 3.97. The molecule has 0 saturated carbocycles. The molecule has 92 valence electrons. The molecule has 1 aliphatic rings. The Hall–Kier alpha value is -1.72. The first kappa shape index (κ1) is 11.8. The summed E-state index contributed by atoms with van der Waals surface area (Å²) in [5.41, 5.74) is 6.99. The molecule has 0 spiro atoms. The molecule has 1 aromatic carbocycles. The molecular weight excluding hydrogens is 233 g/mol. The molecule has 0 aromatic heterocycles. The fourth-order valence-electron chi connectivity index (χ4n) is 1.89. The van der Waals surface area contributed by atoms with Gasteiger partial charge in [-0.2, -0.15) is 13.2 Å². The third-order valence-electron chi connectivity index (χ3n) is 2.71. The summed E-state index contributed by atoms with van der Waals surface area (Å²) < 4.78 is 36.2. The molecule has 17 heavy (non-hydrogen) atoms. The SMILES string of the molecule is Nc1cccc2c1C(=O)N(CCC(F)(F)F)C2. The number of benzene rings is 1. The lowest BCUT2D eigenvalue weighted by molar-refractivity contribution is -0.136. The van der Waals surface area contributed by atoms with Crippen molar-refractivity contribution in [3.05, 3.63) is 29.3 Å². The molecular formula is C11H11F3N2O. The van der Waals surface area contributed by atoms with Crippen LogP contribution in [0.25, 0.3) is 0 Å². The lowest BCUT2D eigenvalue weighted by Gasteiger charge is -2.16. The molecule has 0 atom stereocenters. The van der Waals surface area contributed by atoms with E-state index in [1.54, 1.807) is 18.2 Å². The number of nitrogen functional groups attached to an aromatic ring is 1. The fourth-order valence-corrected chi connectivity index (χ4v) is 1.89. The van der Waals surface area contributed by atoms with E-state index in [9.17, 15) is 18.0 Å². The van der Waals surface area contributed by atoms with E-state index in [0.717, 1.165) is 0 Å². The van der Waals surface area contributed by atoms with Crippen molar-refractivity contribution in [2.75, 3.05) is 12.3 Å². The number of hydrogen-bond acceptors (Lipinski definition) is 2. The first-order valence-corrected chi connectivity index (χ1v) is 5.12. The Labute approximate surface area is 96.0 Å². The monoisotopic (exact) mass is 244 g/mol. The maximum Gasteiger partial charge on any atom is 0.390 e. The van der Waals surface area contributed by atoms with Crippen LogP contribution in [0.5, 0.6) is 0 Å². The number of carbonyl (C=O) groups is 1. The minimum Gasteiger partial charge on any atom is -0.398 e. The largest absolute Gasteiger partial charge is 0.398 e. The summed E-state index contributed by atoms with van der Waals surface area (Å²) in [5, 5.41) is 0. The van der Waals surface area contributed by atoms with Crippen LogP contribution < -0.4 is 5.73 Å². The van der Waals surface area contributed by atoms with Gasteiger partial charge in [-0.25, -0.2) is 0 Å². The second-order valence-electron chi connectivity index (χ2n) is 3.97. The molecule has 0 radical (unpaired) electrons. The Morgan fingerprint density at radius 2 is 2.06 bits per heavy atom. The zero-order valence-corrected chi connectivity index (χ0v) is 8.92. The molecule has 0 aliphatic carbocycles. The van der Waals surface area contributed by atoms with Crippen LogP contribution in [-0.4, -0.2) is 23.5 Å². The van der Waals surface area contributed by atoms with Gasteiger partial charge in [-0.15, -0.1) is 0 Å². The van der Waals surface area contributed by atoms with Crippen LogP contribution in [-0.2, 0) is 6.54 Å². The number of carbonyl (C=O) groups excluding carboxylic acids is 1. The Kier molecular flexibility index (Phi) is 2.73. The van der Waals surface area contributed by atoms with E-state index in [1.807, 2.05) is 0 Å². The number of hydrogen-bond donors (Lipinski definition) is 1. The van der Waals surface area contributed by atoms with E-state index in [1.165, 1.54) is 4.90 Å². The number of rotatable bonds is 2. The molecule has 1 aromatic rings. The lowest BCUT2D eigenvalue weighted by atomic mass is 10.1. The third kappa shape index (κ3) is 2.35. The Morgan fingerprint density at radius 3 is 2.65 bits per heavy atom. The molecule has 0 bridgehead atoms. The highest BCUT2D eigenvalue weighted by Crippen LogP contribution is 2.29. The Bertz CT molecular complexity index is 457. The summed E-state index contributed by atoms with van der Waals surface area (Å²) in [6.45, 7) is -0.119. The summed E-state index contributed by atoms with van der Waals surface area (Å²) in [7, 11) is 0. The first-order chi connectivity index (χ1) is 7.88. The van der Waals surface area contributed by atoms with Gasteiger partial charge in [0.2, 0.25) is 0 Å². The summed E-state index contributed by atoms with van der Waals surface area (Å²) >= 11 is 0. The molecule has 1 aliphatic heterocycles. The zero-order valence-electron chi connectivity index (χ0n) is 8.92. The maximum absolute atomic E-state index is 12.1. The van der Waals surface area contributed by atoms with Gasteiger partial charge in [0.15, 0.2) is 0 Å². The van der Waals surface area contributed by atoms with Gasteiger partial charge >= 0.3 is 6.18 Å². The van der Waals surface area contributed by atoms with Crippen molar-refractivity contribution < 1.29 is 18.0 Å². The van der Waals surface area contributed by atoms with Crippen LogP contribution in [0, 0.1) is 0 Å². The number of halogens is 3. The van der Waals surface area contributed by atoms with E-state index < -0.39 is 18.5 Å². The predicted octanol–water partition coefficient (Wildman–Crippen LogP) is 2.18. The number of nitrogens with two attached hydrogens (primary N) is 1. The van der Waals surface area contributed by atoms with Gasteiger partial charge in [-0.05, 0) is 11.6 Å². The average Bonchev–Trinajstić information content (AvgIpc) is 2.53. The number of anilines is 1. The quantitative estimate of drug-likeness (QED) is 0.810. The highest BCUT2D eigenvalue weighted by molar-refractivity contribution is 6.02. The topological polar surface area (TPSA) is 46.3 Å². The number of nitrogens with zero attached hydrogens (tertiary/aromatic N) is 1. The highest BCUT2D eigenvalue weighted by atomic mass is 19.4. The van der Waals surface area contributed by atoms with E-state index in [4.69, 9.17) is 5.73 Å². The van der Waals surface area contributed by atoms with E-state index >= 15 is 0 Å². The molecule has 2 N–H and O–H groups in total. The second kappa shape index (κ2) is 3.94. The van der Waals surface area contributed by atoms with Crippen LogP contribution in [0.2, 0.25) is 0 Å². The van der Waals surface area contributed by atoms with Gasteiger partial charge in [0.25, 0.3) is 5.91 Å². The highest BCUT2D eigenvalue weighted by Gasteiger charge is 2.33. The Balaban J connectivity index is 2.13. The standard InChI is InChI=1S/C11H11F3N2O/c12-11(13,14)4-5-16-6-7-2-1-3-8(15)9(7)10(16)17/h1-3H,4-6,15H2. The summed E-state index contributed by atoms with van der Waals surface area (Å²) in [5.74, 6) is -0.414. The number of fused-ring (bicyclic) bond motifs is 1. The van der Waals surface area contributed by atoms with Crippen LogP contribution in [0.4, 0.5) is 18.9 Å². The minimum absolute atomic E-state index is 0.204. The smallest absolute Gasteiger partial charge is 0.390 e. The van der Waals surface area contributed by atoms with E-state index in [-0.39, 0.29) is 13.1 Å². The van der Waals surface area contributed by atoms with Gasteiger partial charge in [-0.3, -0.25) is 4.79 Å². The number of amides is 1. The lowest BCUT2D eigenvalue weighted by Crippen LogP contribution is -2.28. The van der Waals surface area contributed by atoms with Gasteiger partial charge in [0.05, 0.1) is 12.0 Å². The maximum atomic E-state index is 12.1. The number of alkyl halides is 3. The molecule has 0 saturated heterocycles. The summed E-state index contributed by atoms with van der Waals surface area (Å²) in [6, 6.07) is 4.97. The van der Waals surface area contributed by atoms with Crippen molar-refractivity contribution in [3.8, 4) is 0 Å². The van der Waals surface area contributed by atoms with Crippen LogP contribution in [0.3, 0.4) is 0 Å². The Morgan fingerprint density at radius 1 is 1.35 bits per heavy atom. The normalized spacial score (nSPS) is 15.2. The van der Waals surface area contributed by atoms with Gasteiger partial charge in [0, 0.05) is 18.8 Å². The van der Waals surface area contributed by atoms with Gasteiger partial charge < -0.3 is 10.6 Å². The van der Waals surface area contributed by atoms with Gasteiger partial charge in [-0.1, -0.05) is 12.1 Å². The average molecular weight is 244 g/mol. The van der Waals surface area contributed by atoms with Crippen molar-refractivity contribution in [1.29, 1.82) is 0 Å². The molecule has 1 heterocycles. The van der Waals surface area contributed by atoms with Crippen molar-refractivity contribution in [2.24, 2.45) is 0 Å². The van der Waals surface area contributed by atoms with Crippen LogP contribution >= 0.6 is 0 Å². The molecule has 1 amide bonds. The zero-order chi connectivity index (χ0) is 12.6. The molecule has 0 unspecified atom stereocenters. The van der Waals surface area contributed by atoms with Gasteiger partial charge in [0.1, 0.15) is 0 Å². The van der Waals surface area contributed by atoms with Crippen molar-refractivity contribution in [1.82, 2.24) is 4.90 Å². The van der Waals surface area contributed by atoms with Crippen molar-refractivity contribution in [2.45, 2.75) is 19.1 Å². The minimum atomic E-state index is -4.25.